The minimum Gasteiger partial charge on any atom is -0.0843 e. The van der Waals surface area contributed by atoms with Gasteiger partial charge in [0.05, 0.1) is 0 Å². The van der Waals surface area contributed by atoms with Gasteiger partial charge in [-0.25, -0.2) is 0 Å². The first-order valence-electron chi connectivity index (χ1n) is 11.2. The molecule has 0 radical (unpaired) electrons. The predicted molar refractivity (Wildman–Crippen MR) is 124 cm³/mol. The maximum Gasteiger partial charge on any atom is -0.0153 e. The fourth-order valence-corrected chi connectivity index (χ4v) is 3.82. The van der Waals surface area contributed by atoms with Crippen molar-refractivity contribution in [1.82, 2.24) is 0 Å². The zero-order chi connectivity index (χ0) is 20.7. The Labute approximate surface area is 170 Å². The molecule has 0 aromatic heterocycles. The summed E-state index contributed by atoms with van der Waals surface area (Å²) in [7, 11) is 0. The van der Waals surface area contributed by atoms with Gasteiger partial charge in [-0.15, -0.1) is 0 Å². The van der Waals surface area contributed by atoms with E-state index < -0.39 is 0 Å². The standard InChI is InChI=1S/C27H46/c1-10-12-13-14-24(11-2)22(4)19-25-20-23(5)27(8,9)18-17-26(6,7)16-15-21(25)3/h11,13-15,20,22-23H,10,12,16-19H2,1-9H3/b14-13-,21-15-,24-11+,25-20-. The monoisotopic (exact) mass is 370 g/mol. The number of rotatable bonds is 6. The molecule has 1 rings (SSSR count). The van der Waals surface area contributed by atoms with Gasteiger partial charge in [0, 0.05) is 0 Å². The van der Waals surface area contributed by atoms with E-state index in [1.165, 1.54) is 43.3 Å². The van der Waals surface area contributed by atoms with E-state index in [9.17, 15) is 0 Å². The molecule has 0 saturated carbocycles. The van der Waals surface area contributed by atoms with Crippen LogP contribution >= 0.6 is 0 Å². The SMILES string of the molecule is C/C=C(\C=C/CCC)C(C)CC1=C/C(C)C(C)(C)CCC(C)(C)C/C=C\1C. The highest BCUT2D eigenvalue weighted by atomic mass is 14.3. The Hall–Kier alpha value is -1.04. The van der Waals surface area contributed by atoms with Crippen LogP contribution in [-0.2, 0) is 0 Å². The topological polar surface area (TPSA) is 0 Å². The molecule has 2 unspecified atom stereocenters. The van der Waals surface area contributed by atoms with Crippen molar-refractivity contribution < 1.29 is 0 Å². The Kier molecular flexibility index (Phi) is 9.32. The molecule has 1 aliphatic rings. The fourth-order valence-electron chi connectivity index (χ4n) is 3.82. The lowest BCUT2D eigenvalue weighted by molar-refractivity contribution is 0.196. The third kappa shape index (κ3) is 7.84. The summed E-state index contributed by atoms with van der Waals surface area (Å²) in [6.07, 6.45) is 19.4. The van der Waals surface area contributed by atoms with Crippen molar-refractivity contribution in [2.45, 2.75) is 101 Å². The summed E-state index contributed by atoms with van der Waals surface area (Å²) in [4.78, 5) is 0. The number of unbranched alkanes of at least 4 members (excludes halogenated alkanes) is 1. The second kappa shape index (κ2) is 10.5. The molecule has 0 bridgehead atoms. The molecule has 0 heteroatoms. The lowest BCUT2D eigenvalue weighted by atomic mass is 9.69. The van der Waals surface area contributed by atoms with E-state index in [4.69, 9.17) is 0 Å². The van der Waals surface area contributed by atoms with E-state index in [0.29, 0.717) is 22.7 Å². The molecule has 0 aliphatic heterocycles. The zero-order valence-corrected chi connectivity index (χ0v) is 19.8. The first-order chi connectivity index (χ1) is 12.5. The maximum absolute atomic E-state index is 2.59. The Balaban J connectivity index is 3.14. The van der Waals surface area contributed by atoms with E-state index in [1.54, 1.807) is 5.57 Å². The van der Waals surface area contributed by atoms with E-state index in [-0.39, 0.29) is 0 Å². The van der Waals surface area contributed by atoms with Crippen LogP contribution in [0.2, 0.25) is 0 Å². The average Bonchev–Trinajstić information content (AvgIpc) is 2.60. The van der Waals surface area contributed by atoms with Crippen molar-refractivity contribution in [1.29, 1.82) is 0 Å². The number of hydrogen-bond donors (Lipinski definition) is 0. The van der Waals surface area contributed by atoms with Gasteiger partial charge >= 0.3 is 0 Å². The van der Waals surface area contributed by atoms with Gasteiger partial charge < -0.3 is 0 Å². The molecule has 0 nitrogen and oxygen atoms in total. The molecular weight excluding hydrogens is 324 g/mol. The molecule has 2 atom stereocenters. The van der Waals surface area contributed by atoms with Gasteiger partial charge in [0.15, 0.2) is 0 Å². The molecular formula is C27H46. The van der Waals surface area contributed by atoms with Gasteiger partial charge in [0.1, 0.15) is 0 Å². The van der Waals surface area contributed by atoms with Gasteiger partial charge in [-0.05, 0) is 79.8 Å². The van der Waals surface area contributed by atoms with Crippen LogP contribution in [0.25, 0.3) is 0 Å². The second-order valence-corrected chi connectivity index (χ2v) is 10.3. The first-order valence-corrected chi connectivity index (χ1v) is 11.2. The molecule has 0 aromatic carbocycles. The molecule has 154 valence electrons. The summed E-state index contributed by atoms with van der Waals surface area (Å²) in [6, 6.07) is 0. The Morgan fingerprint density at radius 2 is 1.89 bits per heavy atom. The quantitative estimate of drug-likeness (QED) is 0.409. The van der Waals surface area contributed by atoms with Gasteiger partial charge in [-0.3, -0.25) is 0 Å². The van der Waals surface area contributed by atoms with Gasteiger partial charge in [0.2, 0.25) is 0 Å². The Morgan fingerprint density at radius 1 is 1.22 bits per heavy atom. The summed E-state index contributed by atoms with van der Waals surface area (Å²) < 4.78 is 0. The molecule has 0 N–H and O–H groups in total. The third-order valence-electron chi connectivity index (χ3n) is 6.79. The molecule has 0 aromatic rings. The number of allylic oxidation sites excluding steroid dienone is 8. The lowest BCUT2D eigenvalue weighted by Gasteiger charge is -2.36. The van der Waals surface area contributed by atoms with Gasteiger partial charge in [0.25, 0.3) is 0 Å². The molecule has 0 saturated heterocycles. The second-order valence-electron chi connectivity index (χ2n) is 10.3. The molecule has 1 aliphatic carbocycles. The van der Waals surface area contributed by atoms with Crippen molar-refractivity contribution in [3.05, 3.63) is 47.1 Å². The summed E-state index contributed by atoms with van der Waals surface area (Å²) in [5, 5.41) is 0. The van der Waals surface area contributed by atoms with Crippen molar-refractivity contribution in [3.8, 4) is 0 Å². The van der Waals surface area contributed by atoms with Crippen LogP contribution in [0.15, 0.2) is 47.1 Å². The van der Waals surface area contributed by atoms with Crippen LogP contribution in [0.4, 0.5) is 0 Å². The lowest BCUT2D eigenvalue weighted by Crippen LogP contribution is -2.24. The average molecular weight is 371 g/mol. The van der Waals surface area contributed by atoms with Crippen molar-refractivity contribution >= 4 is 0 Å². The zero-order valence-electron chi connectivity index (χ0n) is 19.8. The van der Waals surface area contributed by atoms with Crippen LogP contribution in [0.5, 0.6) is 0 Å². The number of hydrogen-bond acceptors (Lipinski definition) is 0. The van der Waals surface area contributed by atoms with Gasteiger partial charge in [-0.1, -0.05) is 90.8 Å². The normalized spacial score (nSPS) is 28.9. The van der Waals surface area contributed by atoms with Crippen molar-refractivity contribution in [2.75, 3.05) is 0 Å². The smallest absolute Gasteiger partial charge is 0.0153 e. The van der Waals surface area contributed by atoms with E-state index in [1.807, 2.05) is 0 Å². The Morgan fingerprint density at radius 3 is 2.48 bits per heavy atom. The summed E-state index contributed by atoms with van der Waals surface area (Å²) in [5.74, 6) is 1.16. The highest BCUT2D eigenvalue weighted by molar-refractivity contribution is 5.33. The van der Waals surface area contributed by atoms with Crippen LogP contribution in [0.3, 0.4) is 0 Å². The van der Waals surface area contributed by atoms with Gasteiger partial charge in [-0.2, -0.15) is 0 Å². The van der Waals surface area contributed by atoms with Crippen LogP contribution in [0.1, 0.15) is 101 Å². The van der Waals surface area contributed by atoms with E-state index in [0.717, 1.165) is 6.42 Å². The third-order valence-corrected chi connectivity index (χ3v) is 6.79. The molecule has 0 amide bonds. The minimum atomic E-state index is 0.355. The summed E-state index contributed by atoms with van der Waals surface area (Å²) in [6.45, 7) is 21.3. The van der Waals surface area contributed by atoms with Crippen molar-refractivity contribution in [2.24, 2.45) is 22.7 Å². The summed E-state index contributed by atoms with van der Waals surface area (Å²) in [5.41, 5.74) is 5.27. The molecule has 0 heterocycles. The first kappa shape index (κ1) is 24.0. The van der Waals surface area contributed by atoms with Crippen LogP contribution < -0.4 is 0 Å². The van der Waals surface area contributed by atoms with Crippen LogP contribution in [0, 0.1) is 22.7 Å². The fraction of sp³-hybridized carbons (Fsp3) is 0.704. The maximum atomic E-state index is 2.59. The highest BCUT2D eigenvalue weighted by Gasteiger charge is 2.29. The minimum absolute atomic E-state index is 0.355. The predicted octanol–water partition coefficient (Wildman–Crippen LogP) is 9.06. The van der Waals surface area contributed by atoms with E-state index >= 15 is 0 Å². The summed E-state index contributed by atoms with van der Waals surface area (Å²) >= 11 is 0. The van der Waals surface area contributed by atoms with Crippen molar-refractivity contribution in [3.63, 3.8) is 0 Å². The van der Waals surface area contributed by atoms with Crippen LogP contribution in [-0.4, -0.2) is 0 Å². The largest absolute Gasteiger partial charge is 0.0843 e. The molecule has 0 spiro atoms. The Bertz CT molecular complexity index is 577. The molecule has 0 fully saturated rings. The molecule has 27 heavy (non-hydrogen) atoms. The highest BCUT2D eigenvalue weighted by Crippen LogP contribution is 2.41. The van der Waals surface area contributed by atoms with E-state index in [2.05, 4.69) is 92.7 Å².